The molecule has 4 aromatic carbocycles. The van der Waals surface area contributed by atoms with Gasteiger partial charge in [-0.3, -0.25) is 9.59 Å². The van der Waals surface area contributed by atoms with Crippen LogP contribution in [-0.4, -0.2) is 74.7 Å². The smallest absolute Gasteiger partial charge is 0.259 e. The van der Waals surface area contributed by atoms with E-state index in [-0.39, 0.29) is 30.8 Å². The summed E-state index contributed by atoms with van der Waals surface area (Å²) < 4.78 is 19.0. The van der Waals surface area contributed by atoms with Crippen molar-refractivity contribution in [3.63, 3.8) is 0 Å². The van der Waals surface area contributed by atoms with E-state index in [9.17, 15) is 14.7 Å². The molecule has 0 unspecified atom stereocenters. The van der Waals surface area contributed by atoms with Crippen molar-refractivity contribution in [3.8, 4) is 23.0 Å². The Kier molecular flexibility index (Phi) is 10.7. The number of fused-ring (bicyclic) bond motifs is 8. The van der Waals surface area contributed by atoms with Crippen LogP contribution in [-0.2, 0) is 35.3 Å². The Balaban J connectivity index is 1.69. The van der Waals surface area contributed by atoms with E-state index in [0.29, 0.717) is 43.8 Å². The van der Waals surface area contributed by atoms with E-state index in [1.807, 2.05) is 60.7 Å². The number of benzene rings is 4. The zero-order chi connectivity index (χ0) is 33.5. The fourth-order valence-corrected chi connectivity index (χ4v) is 5.79. The highest BCUT2D eigenvalue weighted by Crippen LogP contribution is 2.38. The lowest BCUT2D eigenvalue weighted by atomic mass is 9.91. The van der Waals surface area contributed by atoms with E-state index >= 15 is 0 Å². The summed E-state index contributed by atoms with van der Waals surface area (Å²) >= 11 is 0. The molecule has 5 rings (SSSR count). The molecule has 0 spiro atoms. The molecule has 8 heteroatoms. The molecule has 47 heavy (non-hydrogen) atoms. The molecule has 8 bridgehead atoms. The van der Waals surface area contributed by atoms with Crippen molar-refractivity contribution in [1.29, 1.82) is 0 Å². The second kappa shape index (κ2) is 15.1. The third-order valence-electron chi connectivity index (χ3n) is 8.39. The van der Waals surface area contributed by atoms with Crippen LogP contribution in [0.3, 0.4) is 0 Å². The molecule has 2 amide bonds. The van der Waals surface area contributed by atoms with Crippen molar-refractivity contribution in [2.24, 2.45) is 0 Å². The molecular weight excluding hydrogens is 592 g/mol. The van der Waals surface area contributed by atoms with E-state index in [1.165, 1.54) is 9.80 Å². The fraction of sp³-hybridized carbons (Fsp3) is 0.333. The molecule has 1 aliphatic carbocycles. The fourth-order valence-electron chi connectivity index (χ4n) is 5.79. The molecule has 0 saturated carbocycles. The van der Waals surface area contributed by atoms with Crippen LogP contribution in [0, 0.1) is 0 Å². The Morgan fingerprint density at radius 3 is 1.17 bits per heavy atom. The minimum Gasteiger partial charge on any atom is -0.507 e. The van der Waals surface area contributed by atoms with Gasteiger partial charge in [-0.1, -0.05) is 79.7 Å². The van der Waals surface area contributed by atoms with Gasteiger partial charge in [0.05, 0.1) is 6.61 Å². The summed E-state index contributed by atoms with van der Waals surface area (Å²) in [5.41, 5.74) is 7.05. The number of nitrogens with zero attached hydrogens (tertiary/aromatic N) is 2. The van der Waals surface area contributed by atoms with Crippen LogP contribution in [0.25, 0.3) is 0 Å². The van der Waals surface area contributed by atoms with Crippen LogP contribution in [0.2, 0.25) is 0 Å². The Bertz CT molecular complexity index is 1630. The van der Waals surface area contributed by atoms with E-state index in [1.54, 1.807) is 28.2 Å². The van der Waals surface area contributed by atoms with Gasteiger partial charge in [-0.2, -0.15) is 0 Å². The third-order valence-corrected chi connectivity index (χ3v) is 8.39. The van der Waals surface area contributed by atoms with Gasteiger partial charge in [-0.25, -0.2) is 0 Å². The van der Waals surface area contributed by atoms with Gasteiger partial charge in [0.1, 0.15) is 23.0 Å². The van der Waals surface area contributed by atoms with Gasteiger partial charge in [0.15, 0.2) is 13.2 Å². The summed E-state index contributed by atoms with van der Waals surface area (Å²) in [5, 5.41) is 11.6. The first kappa shape index (κ1) is 33.4. The molecular formula is C39H44N2O6. The van der Waals surface area contributed by atoms with Crippen molar-refractivity contribution in [2.45, 2.75) is 39.0 Å². The average molecular weight is 637 g/mol. The first-order valence-corrected chi connectivity index (χ1v) is 16.1. The lowest BCUT2D eigenvalue weighted by molar-refractivity contribution is -0.131. The lowest BCUT2D eigenvalue weighted by Gasteiger charge is -2.22. The summed E-state index contributed by atoms with van der Waals surface area (Å²) in [6.45, 7) is 2.44. The number of likely N-dealkylation sites (N-methyl/N-ethyl adjacent to an activating group) is 2. The number of carbonyl (C=O) groups is 2. The van der Waals surface area contributed by atoms with Crippen molar-refractivity contribution >= 4 is 11.8 Å². The Morgan fingerprint density at radius 1 is 0.553 bits per heavy atom. The third kappa shape index (κ3) is 7.88. The van der Waals surface area contributed by atoms with Gasteiger partial charge >= 0.3 is 0 Å². The number of phenols is 1. The van der Waals surface area contributed by atoms with Crippen LogP contribution < -0.4 is 14.2 Å². The number of phenolic OH excluding ortho intramolecular Hbond substituents is 1. The average Bonchev–Trinajstić information content (AvgIpc) is 3.04. The number of hydrogen-bond donors (Lipinski definition) is 1. The van der Waals surface area contributed by atoms with Gasteiger partial charge in [-0.15, -0.1) is 0 Å². The topological polar surface area (TPSA) is 88.5 Å². The number of carbonyl (C=O) groups excluding carboxylic acids is 2. The standard InChI is InChI=1S/C39H44N2O6/c1-6-19-45-37-30-15-10-16-31(37)23-33-18-9-14-29(39(33)47-25-35(43)41(4)5)21-27-12-7-11-26(36(27)44)20-28-13-8-17-32(22-30)38(28)46-24-34(42)40(2)3/h7-18,44H,6,19-25H2,1-5H3. The molecule has 0 radical (unpaired) electrons. The quantitative estimate of drug-likeness (QED) is 0.220. The SMILES string of the molecule is CCCOc1c2cccc1Cc1cccc(c1OCC(=O)N(C)C)Cc1cccc(c1O)Cc1cccc(c1OCC(=O)N(C)C)C2. The van der Waals surface area contributed by atoms with Crippen LogP contribution in [0.5, 0.6) is 23.0 Å². The van der Waals surface area contributed by atoms with Gasteiger partial charge in [0, 0.05) is 53.9 Å². The minimum atomic E-state index is -0.141. The lowest BCUT2D eigenvalue weighted by Crippen LogP contribution is -2.28. The number of rotatable bonds is 9. The summed E-state index contributed by atoms with van der Waals surface area (Å²) in [7, 11) is 6.84. The maximum atomic E-state index is 12.6. The van der Waals surface area contributed by atoms with Crippen molar-refractivity contribution < 1.29 is 28.9 Å². The number of hydrogen-bond acceptors (Lipinski definition) is 6. The normalized spacial score (nSPS) is 12.2. The second-order valence-electron chi connectivity index (χ2n) is 12.4. The van der Waals surface area contributed by atoms with E-state index < -0.39 is 0 Å². The molecule has 1 aliphatic rings. The molecule has 0 aromatic heterocycles. The molecule has 4 aromatic rings. The van der Waals surface area contributed by atoms with Crippen LogP contribution in [0.15, 0.2) is 72.8 Å². The maximum Gasteiger partial charge on any atom is 0.259 e. The van der Waals surface area contributed by atoms with Crippen LogP contribution >= 0.6 is 0 Å². The van der Waals surface area contributed by atoms with E-state index in [2.05, 4.69) is 19.1 Å². The monoisotopic (exact) mass is 636 g/mol. The van der Waals surface area contributed by atoms with Crippen LogP contribution in [0.4, 0.5) is 0 Å². The summed E-state index contributed by atoms with van der Waals surface area (Å²) in [6, 6.07) is 23.9. The Hall–Kier alpha value is -4.98. The molecule has 0 aliphatic heterocycles. The predicted octanol–water partition coefficient (Wildman–Crippen LogP) is 5.79. The van der Waals surface area contributed by atoms with Crippen LogP contribution in [0.1, 0.15) is 57.9 Å². The zero-order valence-corrected chi connectivity index (χ0v) is 28.0. The molecule has 1 N–H and O–H groups in total. The zero-order valence-electron chi connectivity index (χ0n) is 28.0. The highest BCUT2D eigenvalue weighted by atomic mass is 16.5. The summed E-state index contributed by atoms with van der Waals surface area (Å²) in [4.78, 5) is 28.3. The van der Waals surface area contributed by atoms with Gasteiger partial charge in [0.25, 0.3) is 11.8 Å². The number of aromatic hydroxyl groups is 1. The molecule has 0 atom stereocenters. The minimum absolute atomic E-state index is 0.101. The molecule has 0 heterocycles. The van der Waals surface area contributed by atoms with E-state index in [0.717, 1.165) is 56.7 Å². The first-order chi connectivity index (χ1) is 22.7. The highest BCUT2D eigenvalue weighted by molar-refractivity contribution is 5.77. The van der Waals surface area contributed by atoms with Gasteiger partial charge < -0.3 is 29.1 Å². The summed E-state index contributed by atoms with van der Waals surface area (Å²) in [6.07, 6.45) is 2.68. The van der Waals surface area contributed by atoms with Crippen molar-refractivity contribution in [3.05, 3.63) is 117 Å². The Morgan fingerprint density at radius 2 is 0.851 bits per heavy atom. The molecule has 246 valence electrons. The Labute approximate surface area is 277 Å². The highest BCUT2D eigenvalue weighted by Gasteiger charge is 2.22. The molecule has 0 fully saturated rings. The maximum absolute atomic E-state index is 12.6. The molecule has 0 saturated heterocycles. The van der Waals surface area contributed by atoms with Crippen molar-refractivity contribution in [1.82, 2.24) is 9.80 Å². The molecule has 8 nitrogen and oxygen atoms in total. The number of para-hydroxylation sites is 4. The van der Waals surface area contributed by atoms with Gasteiger partial charge in [0.2, 0.25) is 0 Å². The number of ether oxygens (including phenoxy) is 3. The van der Waals surface area contributed by atoms with Crippen molar-refractivity contribution in [2.75, 3.05) is 48.0 Å². The largest absolute Gasteiger partial charge is 0.507 e. The summed E-state index contributed by atoms with van der Waals surface area (Å²) in [5.74, 6) is 2.00. The predicted molar refractivity (Wildman–Crippen MR) is 183 cm³/mol. The second-order valence-corrected chi connectivity index (χ2v) is 12.4. The first-order valence-electron chi connectivity index (χ1n) is 16.1. The van der Waals surface area contributed by atoms with E-state index in [4.69, 9.17) is 14.2 Å². The number of amides is 2. The van der Waals surface area contributed by atoms with Gasteiger partial charge in [-0.05, 0) is 50.9 Å².